The van der Waals surface area contributed by atoms with Gasteiger partial charge in [0.1, 0.15) is 0 Å². The maximum Gasteiger partial charge on any atom is 0.00766 e. The Morgan fingerprint density at radius 2 is 2.21 bits per heavy atom. The van der Waals surface area contributed by atoms with Gasteiger partial charge in [0.2, 0.25) is 0 Å². The van der Waals surface area contributed by atoms with Crippen molar-refractivity contribution >= 4 is 0 Å². The fraction of sp³-hybridized carbons (Fsp3) is 0.538. The predicted molar refractivity (Wildman–Crippen MR) is 60.4 cm³/mol. The van der Waals surface area contributed by atoms with E-state index >= 15 is 0 Å². The third-order valence-corrected chi connectivity index (χ3v) is 3.02. The summed E-state index contributed by atoms with van der Waals surface area (Å²) in [6.07, 6.45) is 4.84. The smallest absolute Gasteiger partial charge is 0.00766 e. The van der Waals surface area contributed by atoms with E-state index in [1.165, 1.54) is 24.0 Å². The van der Waals surface area contributed by atoms with E-state index in [9.17, 15) is 0 Å². The molecule has 1 unspecified atom stereocenters. The molecule has 0 radical (unpaired) electrons. The zero-order chi connectivity index (χ0) is 9.97. The van der Waals surface area contributed by atoms with Crippen molar-refractivity contribution in [1.29, 1.82) is 0 Å². The van der Waals surface area contributed by atoms with Crippen LogP contribution in [-0.2, 0) is 6.42 Å². The van der Waals surface area contributed by atoms with Gasteiger partial charge in [0.05, 0.1) is 0 Å². The molecule has 14 heavy (non-hydrogen) atoms. The molecule has 1 atom stereocenters. The second kappa shape index (κ2) is 4.14. The zero-order valence-electron chi connectivity index (χ0n) is 8.87. The van der Waals surface area contributed by atoms with Gasteiger partial charge in [0, 0.05) is 6.04 Å². The minimum atomic E-state index is 0.324. The summed E-state index contributed by atoms with van der Waals surface area (Å²) in [4.78, 5) is 0. The quantitative estimate of drug-likeness (QED) is 0.774. The third kappa shape index (κ3) is 2.36. The Morgan fingerprint density at radius 3 is 2.86 bits per heavy atom. The average Bonchev–Trinajstić information content (AvgIpc) is 3.01. The first-order chi connectivity index (χ1) is 6.79. The van der Waals surface area contributed by atoms with E-state index in [2.05, 4.69) is 31.2 Å². The van der Waals surface area contributed by atoms with Gasteiger partial charge in [-0.3, -0.25) is 0 Å². The molecule has 2 rings (SSSR count). The van der Waals surface area contributed by atoms with Gasteiger partial charge < -0.3 is 5.73 Å². The number of hydrogen-bond donors (Lipinski definition) is 1. The molecule has 1 nitrogen and oxygen atoms in total. The Balaban J connectivity index is 2.05. The van der Waals surface area contributed by atoms with E-state index in [1.807, 2.05) is 0 Å². The molecule has 0 bridgehead atoms. The summed E-state index contributed by atoms with van der Waals surface area (Å²) in [5, 5.41) is 0. The lowest BCUT2D eigenvalue weighted by Crippen LogP contribution is -2.21. The van der Waals surface area contributed by atoms with Crippen LogP contribution in [0.15, 0.2) is 24.3 Å². The van der Waals surface area contributed by atoms with Gasteiger partial charge in [-0.2, -0.15) is 0 Å². The standard InChI is InChI=1S/C13H19N/c1-2-13(14)9-10-4-3-5-12(8-10)11-6-7-11/h3-5,8,11,13H,2,6-7,9,14H2,1H3. The third-order valence-electron chi connectivity index (χ3n) is 3.02. The maximum absolute atomic E-state index is 5.95. The first-order valence-electron chi connectivity index (χ1n) is 5.64. The monoisotopic (exact) mass is 189 g/mol. The molecule has 0 aromatic heterocycles. The summed E-state index contributed by atoms with van der Waals surface area (Å²) in [5.74, 6) is 0.854. The molecule has 1 fully saturated rings. The molecule has 76 valence electrons. The maximum atomic E-state index is 5.95. The minimum absolute atomic E-state index is 0.324. The van der Waals surface area contributed by atoms with Crippen molar-refractivity contribution in [3.63, 3.8) is 0 Å². The first-order valence-corrected chi connectivity index (χ1v) is 5.64. The number of benzene rings is 1. The highest BCUT2D eigenvalue weighted by molar-refractivity contribution is 5.29. The van der Waals surface area contributed by atoms with E-state index in [0.29, 0.717) is 6.04 Å². The van der Waals surface area contributed by atoms with E-state index in [1.54, 1.807) is 0 Å². The first kappa shape index (κ1) is 9.72. The Labute approximate surface area is 86.3 Å². The van der Waals surface area contributed by atoms with Crippen molar-refractivity contribution in [2.45, 2.75) is 44.6 Å². The van der Waals surface area contributed by atoms with E-state index in [-0.39, 0.29) is 0 Å². The Hall–Kier alpha value is -0.820. The lowest BCUT2D eigenvalue weighted by molar-refractivity contribution is 0.646. The summed E-state index contributed by atoms with van der Waals surface area (Å²) >= 11 is 0. The molecule has 2 N–H and O–H groups in total. The van der Waals surface area contributed by atoms with Crippen LogP contribution in [0.1, 0.15) is 43.2 Å². The highest BCUT2D eigenvalue weighted by atomic mass is 14.6. The summed E-state index contributed by atoms with van der Waals surface area (Å²) in [5.41, 5.74) is 8.87. The van der Waals surface area contributed by atoms with Crippen LogP contribution < -0.4 is 5.73 Å². The van der Waals surface area contributed by atoms with Crippen LogP contribution in [-0.4, -0.2) is 6.04 Å². The molecule has 1 aromatic rings. The molecule has 0 amide bonds. The highest BCUT2D eigenvalue weighted by Gasteiger charge is 2.23. The second-order valence-electron chi connectivity index (χ2n) is 4.39. The van der Waals surface area contributed by atoms with Crippen molar-refractivity contribution in [2.24, 2.45) is 5.73 Å². The number of hydrogen-bond acceptors (Lipinski definition) is 1. The predicted octanol–water partition coefficient (Wildman–Crippen LogP) is 2.84. The second-order valence-corrected chi connectivity index (χ2v) is 4.39. The Morgan fingerprint density at radius 1 is 1.43 bits per heavy atom. The van der Waals surface area contributed by atoms with Crippen molar-refractivity contribution in [1.82, 2.24) is 0 Å². The van der Waals surface area contributed by atoms with Gasteiger partial charge in [-0.15, -0.1) is 0 Å². The summed E-state index contributed by atoms with van der Waals surface area (Å²) in [6.45, 7) is 2.15. The molecule has 0 aliphatic heterocycles. The fourth-order valence-corrected chi connectivity index (χ4v) is 1.84. The van der Waals surface area contributed by atoms with Crippen molar-refractivity contribution in [3.8, 4) is 0 Å². The van der Waals surface area contributed by atoms with Crippen LogP contribution in [0.4, 0.5) is 0 Å². The van der Waals surface area contributed by atoms with Gasteiger partial charge in [0.25, 0.3) is 0 Å². The topological polar surface area (TPSA) is 26.0 Å². The van der Waals surface area contributed by atoms with Gasteiger partial charge in [-0.25, -0.2) is 0 Å². The average molecular weight is 189 g/mol. The molecule has 1 aromatic carbocycles. The summed E-state index contributed by atoms with van der Waals surface area (Å²) in [6, 6.07) is 9.28. The van der Waals surface area contributed by atoms with Crippen molar-refractivity contribution < 1.29 is 0 Å². The summed E-state index contributed by atoms with van der Waals surface area (Å²) in [7, 11) is 0. The molecule has 1 saturated carbocycles. The van der Waals surface area contributed by atoms with E-state index in [4.69, 9.17) is 5.73 Å². The largest absolute Gasteiger partial charge is 0.327 e. The number of nitrogens with two attached hydrogens (primary N) is 1. The molecular weight excluding hydrogens is 170 g/mol. The Kier molecular flexibility index (Phi) is 2.87. The van der Waals surface area contributed by atoms with Gasteiger partial charge >= 0.3 is 0 Å². The van der Waals surface area contributed by atoms with Crippen molar-refractivity contribution in [3.05, 3.63) is 35.4 Å². The van der Waals surface area contributed by atoms with E-state index in [0.717, 1.165) is 18.8 Å². The molecule has 0 saturated heterocycles. The normalized spacial score (nSPS) is 18.1. The highest BCUT2D eigenvalue weighted by Crippen LogP contribution is 2.40. The van der Waals surface area contributed by atoms with Crippen LogP contribution in [0.2, 0.25) is 0 Å². The van der Waals surface area contributed by atoms with Crippen LogP contribution in [0.5, 0.6) is 0 Å². The van der Waals surface area contributed by atoms with Crippen LogP contribution >= 0.6 is 0 Å². The van der Waals surface area contributed by atoms with Gasteiger partial charge in [0.15, 0.2) is 0 Å². The van der Waals surface area contributed by atoms with Gasteiger partial charge in [-0.05, 0) is 42.7 Å². The molecular formula is C13H19N. The molecule has 1 aliphatic carbocycles. The van der Waals surface area contributed by atoms with Crippen molar-refractivity contribution in [2.75, 3.05) is 0 Å². The lowest BCUT2D eigenvalue weighted by Gasteiger charge is -2.09. The summed E-state index contributed by atoms with van der Waals surface area (Å²) < 4.78 is 0. The molecule has 1 heteroatoms. The zero-order valence-corrected chi connectivity index (χ0v) is 8.87. The lowest BCUT2D eigenvalue weighted by atomic mass is 10.0. The molecule has 1 aliphatic rings. The van der Waals surface area contributed by atoms with Gasteiger partial charge in [-0.1, -0.05) is 31.2 Å². The minimum Gasteiger partial charge on any atom is -0.327 e. The van der Waals surface area contributed by atoms with Crippen LogP contribution in [0, 0.1) is 0 Å². The SMILES string of the molecule is CCC(N)Cc1cccc(C2CC2)c1. The Bertz CT molecular complexity index is 302. The molecule has 0 heterocycles. The van der Waals surface area contributed by atoms with E-state index < -0.39 is 0 Å². The number of rotatable bonds is 4. The molecule has 0 spiro atoms. The fourth-order valence-electron chi connectivity index (χ4n) is 1.84. The van der Waals surface area contributed by atoms with Crippen LogP contribution in [0.25, 0.3) is 0 Å². The van der Waals surface area contributed by atoms with Crippen LogP contribution in [0.3, 0.4) is 0 Å².